The molecule has 0 aliphatic carbocycles. The Morgan fingerprint density at radius 3 is 2.00 bits per heavy atom. The number of methoxy groups -OCH3 is 2. The summed E-state index contributed by atoms with van der Waals surface area (Å²) in [5.41, 5.74) is 4.97. The fraction of sp³-hybridized carbons (Fsp3) is 0.354. The molecule has 6 aromatic rings. The minimum absolute atomic E-state index is 0.0582. The van der Waals surface area contributed by atoms with Crippen LogP contribution in [-0.4, -0.2) is 105 Å². The molecule has 0 spiro atoms. The number of carbonyl (C=O) groups is 4. The molecule has 6 heterocycles. The van der Waals surface area contributed by atoms with E-state index < -0.39 is 30.1 Å². The highest BCUT2D eigenvalue weighted by molar-refractivity contribution is 5.89. The van der Waals surface area contributed by atoms with Gasteiger partial charge in [0.05, 0.1) is 61.3 Å². The highest BCUT2D eigenvalue weighted by atomic mass is 19.1. The molecule has 3 saturated heterocycles. The van der Waals surface area contributed by atoms with Gasteiger partial charge < -0.3 is 44.6 Å². The third kappa shape index (κ3) is 9.00. The Labute approximate surface area is 374 Å². The van der Waals surface area contributed by atoms with Crippen LogP contribution >= 0.6 is 0 Å². The number of likely N-dealkylation sites (tertiary alicyclic amines) is 2. The third-order valence-corrected chi connectivity index (χ3v) is 12.7. The molecule has 4 N–H and O–H groups in total. The number of nitrogens with zero attached hydrogens (tertiary/aromatic N) is 5. The maximum atomic E-state index is 15.9. The van der Waals surface area contributed by atoms with Crippen LogP contribution < -0.4 is 10.6 Å². The van der Waals surface area contributed by atoms with Gasteiger partial charge in [0, 0.05) is 48.4 Å². The lowest BCUT2D eigenvalue weighted by atomic mass is 9.90. The van der Waals surface area contributed by atoms with E-state index in [1.807, 2.05) is 41.3 Å². The first-order valence-electron chi connectivity index (χ1n) is 21.9. The number of aromatic amines is 2. The number of pyridine rings is 1. The van der Waals surface area contributed by atoms with Gasteiger partial charge in [-0.3, -0.25) is 9.59 Å². The lowest BCUT2D eigenvalue weighted by molar-refractivity contribution is -0.137. The first-order chi connectivity index (χ1) is 31.7. The van der Waals surface area contributed by atoms with Gasteiger partial charge in [0.2, 0.25) is 5.91 Å². The third-order valence-electron chi connectivity index (χ3n) is 12.7. The highest BCUT2D eigenvalue weighted by Crippen LogP contribution is 2.37. The number of imidazole rings is 2. The lowest BCUT2D eigenvalue weighted by Gasteiger charge is -2.34. The number of hydrogen-bond donors (Lipinski definition) is 4. The fourth-order valence-corrected chi connectivity index (χ4v) is 9.34. The van der Waals surface area contributed by atoms with Crippen LogP contribution in [0, 0.1) is 11.7 Å². The van der Waals surface area contributed by atoms with Gasteiger partial charge in [-0.15, -0.1) is 0 Å². The second-order valence-electron chi connectivity index (χ2n) is 16.6. The van der Waals surface area contributed by atoms with E-state index >= 15 is 4.39 Å². The maximum absolute atomic E-state index is 15.9. The first-order valence-corrected chi connectivity index (χ1v) is 21.9. The number of H-pyrrole nitrogens is 2. The lowest BCUT2D eigenvalue weighted by Crippen LogP contribution is -2.53. The van der Waals surface area contributed by atoms with E-state index in [0.717, 1.165) is 35.9 Å². The van der Waals surface area contributed by atoms with E-state index in [1.165, 1.54) is 20.3 Å². The number of amides is 4. The van der Waals surface area contributed by atoms with Gasteiger partial charge in [-0.1, -0.05) is 48.5 Å². The molecule has 3 fully saturated rings. The van der Waals surface area contributed by atoms with Crippen LogP contribution in [0.1, 0.15) is 73.9 Å². The molecule has 3 aromatic carbocycles. The van der Waals surface area contributed by atoms with Crippen molar-refractivity contribution >= 4 is 34.9 Å². The van der Waals surface area contributed by atoms with E-state index in [-0.39, 0.29) is 29.8 Å². The van der Waals surface area contributed by atoms with Crippen LogP contribution in [0.2, 0.25) is 0 Å². The number of carbonyl (C=O) groups excluding carboxylic acids is 4. The summed E-state index contributed by atoms with van der Waals surface area (Å²) in [5.74, 6) is 0.304. The number of ether oxygens (including phenoxy) is 3. The Hall–Kier alpha value is -7.14. The van der Waals surface area contributed by atoms with Gasteiger partial charge in [-0.05, 0) is 80.3 Å². The molecule has 3 aliphatic heterocycles. The molecule has 3 aliphatic rings. The van der Waals surface area contributed by atoms with Crippen LogP contribution in [0.25, 0.3) is 44.7 Å². The summed E-state index contributed by atoms with van der Waals surface area (Å²) < 4.78 is 31.1. The van der Waals surface area contributed by atoms with Crippen molar-refractivity contribution in [3.8, 4) is 33.8 Å². The van der Waals surface area contributed by atoms with Crippen molar-refractivity contribution in [2.24, 2.45) is 5.92 Å². The van der Waals surface area contributed by atoms with Crippen LogP contribution in [0.5, 0.6) is 0 Å². The number of fused-ring (bicyclic) bond motifs is 1. The molecule has 0 radical (unpaired) electrons. The Balaban J connectivity index is 0.884. The molecule has 0 saturated carbocycles. The van der Waals surface area contributed by atoms with E-state index in [1.54, 1.807) is 53.7 Å². The topological polar surface area (TPSA) is 197 Å². The van der Waals surface area contributed by atoms with E-state index in [2.05, 4.69) is 25.6 Å². The van der Waals surface area contributed by atoms with Crippen molar-refractivity contribution in [1.29, 1.82) is 0 Å². The van der Waals surface area contributed by atoms with Gasteiger partial charge in [0.15, 0.2) is 0 Å². The molecule has 16 nitrogen and oxygen atoms in total. The molecule has 336 valence electrons. The summed E-state index contributed by atoms with van der Waals surface area (Å²) in [7, 11) is 2.55. The van der Waals surface area contributed by atoms with Gasteiger partial charge in [-0.25, -0.2) is 28.9 Å². The number of alkyl carbamates (subject to hydrolysis) is 2. The molecular formula is C48H50FN9O7. The van der Waals surface area contributed by atoms with E-state index in [9.17, 15) is 19.2 Å². The molecule has 0 bridgehead atoms. The quantitative estimate of drug-likeness (QED) is 0.102. The van der Waals surface area contributed by atoms with Crippen molar-refractivity contribution in [2.45, 2.75) is 62.7 Å². The van der Waals surface area contributed by atoms with Crippen molar-refractivity contribution in [1.82, 2.24) is 45.4 Å². The summed E-state index contributed by atoms with van der Waals surface area (Å²) >= 11 is 0. The zero-order chi connectivity index (χ0) is 45.0. The predicted molar refractivity (Wildman–Crippen MR) is 237 cm³/mol. The normalized spacial score (nSPS) is 18.6. The Kier molecular flexibility index (Phi) is 12.5. The zero-order valence-corrected chi connectivity index (χ0v) is 36.1. The number of rotatable bonds is 11. The van der Waals surface area contributed by atoms with Crippen molar-refractivity contribution in [2.75, 3.05) is 40.5 Å². The molecule has 3 aromatic heterocycles. The van der Waals surface area contributed by atoms with Crippen LogP contribution in [0.4, 0.5) is 14.0 Å². The zero-order valence-electron chi connectivity index (χ0n) is 36.1. The number of nitrogens with one attached hydrogen (secondary N) is 4. The minimum atomic E-state index is -0.939. The van der Waals surface area contributed by atoms with Gasteiger partial charge in [-0.2, -0.15) is 0 Å². The molecule has 9 rings (SSSR count). The van der Waals surface area contributed by atoms with Crippen LogP contribution in [0.15, 0.2) is 91.3 Å². The Morgan fingerprint density at radius 1 is 0.738 bits per heavy atom. The van der Waals surface area contributed by atoms with Gasteiger partial charge >= 0.3 is 12.2 Å². The Bertz CT molecular complexity index is 2700. The Morgan fingerprint density at radius 2 is 1.35 bits per heavy atom. The molecule has 4 amide bonds. The van der Waals surface area contributed by atoms with E-state index in [4.69, 9.17) is 24.2 Å². The largest absolute Gasteiger partial charge is 0.453 e. The van der Waals surface area contributed by atoms with Crippen molar-refractivity contribution < 1.29 is 37.8 Å². The maximum Gasteiger partial charge on any atom is 0.407 e. The molecule has 4 unspecified atom stereocenters. The first kappa shape index (κ1) is 43.1. The van der Waals surface area contributed by atoms with Crippen LogP contribution in [0.3, 0.4) is 0 Å². The molecular weight excluding hydrogens is 834 g/mol. The number of aromatic nitrogens is 5. The number of hydrogen-bond acceptors (Lipinski definition) is 10. The summed E-state index contributed by atoms with van der Waals surface area (Å²) in [6.45, 7) is 2.11. The SMILES string of the molecule is COC(=O)NC(C(=O)N1CCCC1c1ncc(-c2ccc(-c3ccc4cc(-c5cnc(C6CCCN6C(=O)C(NC(=O)OC)C6CCOCC6)[nH]5)ccc4n3)c(F)c2)[nH]1)c1ccccc1. The van der Waals surface area contributed by atoms with Gasteiger partial charge in [0.1, 0.15) is 29.5 Å². The number of halogens is 1. The monoisotopic (exact) mass is 883 g/mol. The molecule has 4 atom stereocenters. The van der Waals surface area contributed by atoms with Crippen LogP contribution in [-0.2, 0) is 23.8 Å². The van der Waals surface area contributed by atoms with Crippen molar-refractivity contribution in [3.63, 3.8) is 0 Å². The number of benzene rings is 3. The van der Waals surface area contributed by atoms with E-state index in [0.29, 0.717) is 90.8 Å². The summed E-state index contributed by atoms with van der Waals surface area (Å²) in [5, 5.41) is 6.33. The second kappa shape index (κ2) is 18.9. The average Bonchev–Trinajstić information content (AvgIpc) is 4.20. The minimum Gasteiger partial charge on any atom is -0.453 e. The summed E-state index contributed by atoms with van der Waals surface area (Å²) in [6.07, 6.45) is 6.35. The molecule has 17 heteroatoms. The smallest absolute Gasteiger partial charge is 0.407 e. The highest BCUT2D eigenvalue weighted by Gasteiger charge is 2.41. The average molecular weight is 884 g/mol. The fourth-order valence-electron chi connectivity index (χ4n) is 9.34. The second-order valence-corrected chi connectivity index (χ2v) is 16.6. The van der Waals surface area contributed by atoms with Gasteiger partial charge in [0.25, 0.3) is 5.91 Å². The summed E-state index contributed by atoms with van der Waals surface area (Å²) in [4.78, 5) is 76.9. The molecule has 65 heavy (non-hydrogen) atoms. The summed E-state index contributed by atoms with van der Waals surface area (Å²) in [6, 6.07) is 21.2. The predicted octanol–water partition coefficient (Wildman–Crippen LogP) is 7.40. The standard InChI is InChI=1S/C48H50FN9O7/c1-63-47(61)55-41(28-8-4-3-5-9-28)45(59)57-20-6-11-40(57)44-51-27-38(54-44)32-12-15-33(34(49)25-32)36-17-14-30-24-31(13-16-35(30)52-36)37-26-50-43(53-37)39-10-7-21-58(39)46(60)42(56-48(62)64-2)29-18-22-65-23-19-29/h3-5,8-9,12-17,24-27,29,39-42H,6-7,10-11,18-23H2,1-2H3,(H,50,53)(H,51,54)(H,55,61)(H,56,62). The van der Waals surface area contributed by atoms with Crippen molar-refractivity contribution in [3.05, 3.63) is 114 Å².